The monoisotopic (exact) mass is 468 g/mol. The average molecular weight is 469 g/mol. The Kier molecular flexibility index (Phi) is 10.1. The maximum atomic E-state index is 10.2. The fourth-order valence-electron chi connectivity index (χ4n) is 4.12. The molecule has 0 aliphatic carbocycles. The van der Waals surface area contributed by atoms with E-state index in [-0.39, 0.29) is 12.4 Å². The van der Waals surface area contributed by atoms with Crippen LogP contribution in [0.3, 0.4) is 0 Å². The molecule has 0 spiro atoms. The van der Waals surface area contributed by atoms with Crippen LogP contribution in [0.5, 0.6) is 11.5 Å². The highest BCUT2D eigenvalue weighted by Gasteiger charge is 2.12. The molecule has 2 aromatic heterocycles. The first-order chi connectivity index (χ1) is 16.5. The number of hydrogen-bond acceptors (Lipinski definition) is 5. The summed E-state index contributed by atoms with van der Waals surface area (Å²) in [6, 6.07) is 9.68. The number of unbranched alkanes of at least 4 members (excludes halogenated alkanes) is 1. The highest BCUT2D eigenvalue weighted by atomic mass is 16.5. The molecule has 0 aliphatic heterocycles. The van der Waals surface area contributed by atoms with Crippen molar-refractivity contribution in [3.8, 4) is 11.5 Å². The molecule has 0 bridgehead atoms. The number of aliphatic hydroxyl groups excluding tert-OH is 1. The molecule has 0 saturated carbocycles. The van der Waals surface area contributed by atoms with Gasteiger partial charge in [-0.05, 0) is 74.2 Å². The largest absolute Gasteiger partial charge is 0.504 e. The van der Waals surface area contributed by atoms with Gasteiger partial charge in [-0.3, -0.25) is 0 Å². The summed E-state index contributed by atoms with van der Waals surface area (Å²) in [4.78, 5) is 3.35. The maximum Gasteiger partial charge on any atom is 0.161 e. The number of H-pyrrole nitrogens is 1. The van der Waals surface area contributed by atoms with Crippen LogP contribution in [0.2, 0.25) is 0 Å². The molecule has 0 radical (unpaired) electrons. The highest BCUT2D eigenvalue weighted by molar-refractivity contribution is 5.42. The van der Waals surface area contributed by atoms with Gasteiger partial charge in [0.2, 0.25) is 0 Å². The molecule has 0 fully saturated rings. The summed E-state index contributed by atoms with van der Waals surface area (Å²) in [6.45, 7) is 5.89. The summed E-state index contributed by atoms with van der Waals surface area (Å²) in [6.07, 6.45) is 8.45. The number of ether oxygens (including phenoxy) is 1. The van der Waals surface area contributed by atoms with Crippen LogP contribution >= 0.6 is 0 Å². The molecular formula is C28H40N2O4. The first kappa shape index (κ1) is 25.9. The number of furan rings is 1. The second kappa shape index (κ2) is 13.3. The zero-order valence-corrected chi connectivity index (χ0v) is 20.8. The van der Waals surface area contributed by atoms with Crippen LogP contribution in [0, 0.1) is 0 Å². The van der Waals surface area contributed by atoms with E-state index in [0.717, 1.165) is 79.8 Å². The third kappa shape index (κ3) is 7.40. The topological polar surface area (TPSA) is 90.7 Å². The van der Waals surface area contributed by atoms with Crippen molar-refractivity contribution in [2.24, 2.45) is 0 Å². The lowest BCUT2D eigenvalue weighted by Crippen LogP contribution is -2.10. The number of aliphatic hydroxyl groups is 1. The van der Waals surface area contributed by atoms with E-state index in [1.807, 2.05) is 25.2 Å². The summed E-state index contributed by atoms with van der Waals surface area (Å²) >= 11 is 0. The van der Waals surface area contributed by atoms with Gasteiger partial charge < -0.3 is 29.7 Å². The van der Waals surface area contributed by atoms with Gasteiger partial charge in [0.1, 0.15) is 11.5 Å². The number of phenols is 1. The van der Waals surface area contributed by atoms with E-state index < -0.39 is 0 Å². The molecule has 6 nitrogen and oxygen atoms in total. The minimum atomic E-state index is 0.0108. The van der Waals surface area contributed by atoms with Gasteiger partial charge in [0.05, 0.1) is 13.2 Å². The lowest BCUT2D eigenvalue weighted by molar-refractivity contribution is 0.277. The standard InChI is InChI=1S/C28H40N2O4/c1-4-5-6-27-23(19-31)17-25(34-27)9-7-21-8-10-26(32)28(15-21)33-14-12-24-16-22(18-30-24)20(2)11-13-29-3/h8,10,15-18,20,29-32H,4-7,9,11-14,19H2,1-3H3/t20-/m1/s1. The molecule has 0 amide bonds. The Labute approximate surface area is 203 Å². The number of rotatable bonds is 15. The molecule has 2 heterocycles. The zero-order valence-electron chi connectivity index (χ0n) is 20.8. The van der Waals surface area contributed by atoms with E-state index in [1.54, 1.807) is 6.07 Å². The Morgan fingerprint density at radius 1 is 1.12 bits per heavy atom. The van der Waals surface area contributed by atoms with Crippen molar-refractivity contribution in [1.29, 1.82) is 0 Å². The molecule has 34 heavy (non-hydrogen) atoms. The number of aromatic nitrogens is 1. The minimum absolute atomic E-state index is 0.0108. The van der Waals surface area contributed by atoms with Gasteiger partial charge in [-0.25, -0.2) is 0 Å². The number of hydrogen-bond donors (Lipinski definition) is 4. The van der Waals surface area contributed by atoms with Crippen LogP contribution < -0.4 is 10.1 Å². The van der Waals surface area contributed by atoms with Gasteiger partial charge in [-0.2, -0.15) is 0 Å². The summed E-state index contributed by atoms with van der Waals surface area (Å²) in [5.41, 5.74) is 4.42. The van der Waals surface area contributed by atoms with Crippen molar-refractivity contribution in [1.82, 2.24) is 10.3 Å². The molecule has 0 unspecified atom stereocenters. The van der Waals surface area contributed by atoms with Gasteiger partial charge in [0.25, 0.3) is 0 Å². The second-order valence-corrected chi connectivity index (χ2v) is 9.07. The molecule has 0 saturated heterocycles. The van der Waals surface area contributed by atoms with Crippen LogP contribution in [0.4, 0.5) is 0 Å². The molecule has 4 N–H and O–H groups in total. The van der Waals surface area contributed by atoms with Crippen molar-refractivity contribution in [3.05, 3.63) is 70.4 Å². The first-order valence-corrected chi connectivity index (χ1v) is 12.5. The smallest absolute Gasteiger partial charge is 0.161 e. The lowest BCUT2D eigenvalue weighted by Gasteiger charge is -2.10. The minimum Gasteiger partial charge on any atom is -0.504 e. The summed E-state index contributed by atoms with van der Waals surface area (Å²) in [5.74, 6) is 2.95. The van der Waals surface area contributed by atoms with Gasteiger partial charge in [-0.15, -0.1) is 0 Å². The molecule has 3 aromatic rings. The van der Waals surface area contributed by atoms with Crippen molar-refractivity contribution in [2.45, 2.75) is 71.3 Å². The van der Waals surface area contributed by atoms with Crippen LogP contribution in [0.15, 0.2) is 40.9 Å². The van der Waals surface area contributed by atoms with Crippen LogP contribution in [-0.4, -0.2) is 35.4 Å². The SMILES string of the molecule is CCCCc1oc(CCc2ccc(O)c(OCCc3cc([C@H](C)CCNC)c[nH]3)c2)cc1CO. The second-order valence-electron chi connectivity index (χ2n) is 9.07. The third-order valence-corrected chi connectivity index (χ3v) is 6.35. The number of aromatic hydroxyl groups is 1. The van der Waals surface area contributed by atoms with E-state index in [0.29, 0.717) is 18.3 Å². The van der Waals surface area contributed by atoms with E-state index in [4.69, 9.17) is 9.15 Å². The van der Waals surface area contributed by atoms with Crippen molar-refractivity contribution in [2.75, 3.05) is 20.2 Å². The van der Waals surface area contributed by atoms with E-state index in [9.17, 15) is 10.2 Å². The van der Waals surface area contributed by atoms with Crippen LogP contribution in [0.25, 0.3) is 0 Å². The quantitative estimate of drug-likeness (QED) is 0.244. The fourth-order valence-corrected chi connectivity index (χ4v) is 4.12. The number of aryl methyl sites for hydroxylation is 3. The Morgan fingerprint density at radius 2 is 1.97 bits per heavy atom. The predicted molar refractivity (Wildman–Crippen MR) is 136 cm³/mol. The maximum absolute atomic E-state index is 10.2. The highest BCUT2D eigenvalue weighted by Crippen LogP contribution is 2.28. The lowest BCUT2D eigenvalue weighted by atomic mass is 10.0. The van der Waals surface area contributed by atoms with E-state index >= 15 is 0 Å². The van der Waals surface area contributed by atoms with Crippen LogP contribution in [0.1, 0.15) is 72.9 Å². The predicted octanol–water partition coefficient (Wildman–Crippen LogP) is 5.27. The Hall–Kier alpha value is -2.70. The summed E-state index contributed by atoms with van der Waals surface area (Å²) in [7, 11) is 1.98. The Balaban J connectivity index is 1.52. The average Bonchev–Trinajstić information content (AvgIpc) is 3.48. The number of aromatic amines is 1. The molecule has 1 aromatic carbocycles. The van der Waals surface area contributed by atoms with E-state index in [2.05, 4.69) is 36.4 Å². The van der Waals surface area contributed by atoms with Crippen molar-refractivity contribution in [3.63, 3.8) is 0 Å². The van der Waals surface area contributed by atoms with Gasteiger partial charge >= 0.3 is 0 Å². The first-order valence-electron chi connectivity index (χ1n) is 12.5. The molecule has 6 heteroatoms. The third-order valence-electron chi connectivity index (χ3n) is 6.35. The number of benzene rings is 1. The van der Waals surface area contributed by atoms with Gasteiger partial charge in [0, 0.05) is 36.7 Å². The molecule has 0 aliphatic rings. The zero-order chi connectivity index (χ0) is 24.3. The van der Waals surface area contributed by atoms with Crippen molar-refractivity contribution >= 4 is 0 Å². The number of nitrogens with one attached hydrogen (secondary N) is 2. The molecular weight excluding hydrogens is 428 g/mol. The molecule has 186 valence electrons. The van der Waals surface area contributed by atoms with Gasteiger partial charge in [0.15, 0.2) is 11.5 Å². The Bertz CT molecular complexity index is 1010. The Morgan fingerprint density at radius 3 is 2.74 bits per heavy atom. The number of phenolic OH excluding ortho intramolecular Hbond substituents is 1. The molecule has 3 rings (SSSR count). The summed E-state index contributed by atoms with van der Waals surface area (Å²) < 4.78 is 11.9. The van der Waals surface area contributed by atoms with E-state index in [1.165, 1.54) is 5.56 Å². The van der Waals surface area contributed by atoms with Gasteiger partial charge in [-0.1, -0.05) is 26.3 Å². The fraction of sp³-hybridized carbons (Fsp3) is 0.500. The summed E-state index contributed by atoms with van der Waals surface area (Å²) in [5, 5.41) is 23.0. The van der Waals surface area contributed by atoms with Crippen LogP contribution in [-0.2, 0) is 32.3 Å². The van der Waals surface area contributed by atoms with Crippen molar-refractivity contribution < 1.29 is 19.4 Å². The molecule has 1 atom stereocenters. The normalized spacial score (nSPS) is 12.2.